The Bertz CT molecular complexity index is 376. The third kappa shape index (κ3) is 2.16. The number of hydrogen-bond donors (Lipinski definition) is 1. The van der Waals surface area contributed by atoms with Crippen molar-refractivity contribution in [1.29, 1.82) is 0 Å². The van der Waals surface area contributed by atoms with E-state index in [9.17, 15) is 8.78 Å². The number of halogens is 2. The fourth-order valence-electron chi connectivity index (χ4n) is 2.16. The second-order valence-electron chi connectivity index (χ2n) is 4.04. The summed E-state index contributed by atoms with van der Waals surface area (Å²) in [5.41, 5.74) is 0.443. The summed E-state index contributed by atoms with van der Waals surface area (Å²) in [4.78, 5) is 0. The van der Waals surface area contributed by atoms with Gasteiger partial charge in [-0.2, -0.15) is 0 Å². The fraction of sp³-hybridized carbons (Fsp3) is 0.500. The summed E-state index contributed by atoms with van der Waals surface area (Å²) in [7, 11) is 1.35. The van der Waals surface area contributed by atoms with Crippen LogP contribution in [0.15, 0.2) is 12.1 Å². The summed E-state index contributed by atoms with van der Waals surface area (Å²) in [6, 6.07) is 2.37. The van der Waals surface area contributed by atoms with Crippen molar-refractivity contribution in [3.8, 4) is 5.75 Å². The Balaban J connectivity index is 2.34. The summed E-state index contributed by atoms with van der Waals surface area (Å²) in [6.07, 6.45) is 1.67. The monoisotopic (exact) mass is 227 g/mol. The second kappa shape index (κ2) is 4.78. The first-order valence-corrected chi connectivity index (χ1v) is 5.46. The average Bonchev–Trinajstić information content (AvgIpc) is 2.33. The van der Waals surface area contributed by atoms with Crippen LogP contribution in [0.25, 0.3) is 0 Å². The largest absolute Gasteiger partial charge is 0.494 e. The Morgan fingerprint density at radius 2 is 1.94 bits per heavy atom. The van der Waals surface area contributed by atoms with Gasteiger partial charge in [-0.25, -0.2) is 8.78 Å². The molecule has 1 aromatic rings. The number of nitrogens with one attached hydrogen (secondary N) is 1. The van der Waals surface area contributed by atoms with E-state index in [0.717, 1.165) is 32.0 Å². The topological polar surface area (TPSA) is 21.3 Å². The molecule has 1 heterocycles. The van der Waals surface area contributed by atoms with Gasteiger partial charge in [0.25, 0.3) is 0 Å². The van der Waals surface area contributed by atoms with Crippen LogP contribution in [0.4, 0.5) is 8.78 Å². The molecule has 1 N–H and O–H groups in total. The fourth-order valence-corrected chi connectivity index (χ4v) is 2.16. The second-order valence-corrected chi connectivity index (χ2v) is 4.04. The van der Waals surface area contributed by atoms with Crippen molar-refractivity contribution in [3.63, 3.8) is 0 Å². The lowest BCUT2D eigenvalue weighted by Crippen LogP contribution is -2.27. The van der Waals surface area contributed by atoms with E-state index in [1.165, 1.54) is 13.2 Å². The van der Waals surface area contributed by atoms with E-state index >= 15 is 0 Å². The Morgan fingerprint density at radius 3 is 2.56 bits per heavy atom. The van der Waals surface area contributed by atoms with Gasteiger partial charge < -0.3 is 10.1 Å². The van der Waals surface area contributed by atoms with Crippen molar-refractivity contribution in [2.45, 2.75) is 18.8 Å². The molecule has 0 amide bonds. The number of benzene rings is 1. The van der Waals surface area contributed by atoms with Gasteiger partial charge in [0.05, 0.1) is 7.11 Å². The lowest BCUT2D eigenvalue weighted by molar-refractivity contribution is 0.371. The van der Waals surface area contributed by atoms with Crippen molar-refractivity contribution in [2.75, 3.05) is 20.2 Å². The van der Waals surface area contributed by atoms with Crippen molar-refractivity contribution in [2.24, 2.45) is 0 Å². The Kier molecular flexibility index (Phi) is 3.39. The molecule has 1 aliphatic heterocycles. The highest BCUT2D eigenvalue weighted by atomic mass is 19.1. The van der Waals surface area contributed by atoms with Gasteiger partial charge in [-0.05, 0) is 43.5 Å². The van der Waals surface area contributed by atoms with Crippen molar-refractivity contribution >= 4 is 0 Å². The third-order valence-electron chi connectivity index (χ3n) is 3.03. The highest BCUT2D eigenvalue weighted by Gasteiger charge is 2.21. The number of piperidine rings is 1. The van der Waals surface area contributed by atoms with Gasteiger partial charge in [-0.15, -0.1) is 0 Å². The van der Waals surface area contributed by atoms with E-state index in [0.29, 0.717) is 5.56 Å². The smallest absolute Gasteiger partial charge is 0.168 e. The number of ether oxygens (including phenoxy) is 1. The van der Waals surface area contributed by atoms with Crippen LogP contribution in [-0.4, -0.2) is 20.2 Å². The molecule has 2 nitrogen and oxygen atoms in total. The molecule has 0 bridgehead atoms. The first-order valence-electron chi connectivity index (χ1n) is 5.46. The number of rotatable bonds is 2. The molecule has 4 heteroatoms. The van der Waals surface area contributed by atoms with Crippen LogP contribution < -0.4 is 10.1 Å². The predicted octanol–water partition coefficient (Wildman–Crippen LogP) is 2.44. The predicted molar refractivity (Wildman–Crippen MR) is 57.8 cm³/mol. The minimum Gasteiger partial charge on any atom is -0.494 e. The maximum absolute atomic E-state index is 13.9. The van der Waals surface area contributed by atoms with Gasteiger partial charge in [0, 0.05) is 6.07 Å². The van der Waals surface area contributed by atoms with E-state index in [4.69, 9.17) is 4.74 Å². The molecular formula is C12H15F2NO. The van der Waals surface area contributed by atoms with Crippen LogP contribution in [0.2, 0.25) is 0 Å². The number of methoxy groups -OCH3 is 1. The van der Waals surface area contributed by atoms with Crippen molar-refractivity contribution in [3.05, 3.63) is 29.3 Å². The lowest BCUT2D eigenvalue weighted by Gasteiger charge is -2.23. The zero-order valence-electron chi connectivity index (χ0n) is 9.22. The SMILES string of the molecule is COc1cc(F)cc(C2CCNCC2)c1F. The molecule has 1 fully saturated rings. The first kappa shape index (κ1) is 11.3. The highest BCUT2D eigenvalue weighted by Crippen LogP contribution is 2.32. The molecule has 2 rings (SSSR count). The minimum atomic E-state index is -0.438. The molecule has 0 radical (unpaired) electrons. The number of hydrogen-bond acceptors (Lipinski definition) is 2. The van der Waals surface area contributed by atoms with Crippen LogP contribution in [0.1, 0.15) is 24.3 Å². The van der Waals surface area contributed by atoms with Gasteiger partial charge in [0.1, 0.15) is 5.82 Å². The van der Waals surface area contributed by atoms with Gasteiger partial charge >= 0.3 is 0 Å². The zero-order chi connectivity index (χ0) is 11.5. The maximum atomic E-state index is 13.9. The Hall–Kier alpha value is -1.16. The van der Waals surface area contributed by atoms with Crippen molar-refractivity contribution < 1.29 is 13.5 Å². The van der Waals surface area contributed by atoms with Crippen LogP contribution in [0, 0.1) is 11.6 Å². The van der Waals surface area contributed by atoms with Crippen molar-refractivity contribution in [1.82, 2.24) is 5.32 Å². The van der Waals surface area contributed by atoms with Crippen LogP contribution in [0.5, 0.6) is 5.75 Å². The maximum Gasteiger partial charge on any atom is 0.168 e. The van der Waals surface area contributed by atoms with Crippen LogP contribution in [0.3, 0.4) is 0 Å². The molecule has 1 aromatic carbocycles. The summed E-state index contributed by atoms with van der Waals surface area (Å²) < 4.78 is 32.0. The molecular weight excluding hydrogens is 212 g/mol. The summed E-state index contributed by atoms with van der Waals surface area (Å²) in [5.74, 6) is -0.776. The van der Waals surface area contributed by atoms with E-state index in [2.05, 4.69) is 5.32 Å². The van der Waals surface area contributed by atoms with Gasteiger partial charge in [-0.1, -0.05) is 0 Å². The van der Waals surface area contributed by atoms with Crippen LogP contribution in [-0.2, 0) is 0 Å². The van der Waals surface area contributed by atoms with Gasteiger partial charge in [0.15, 0.2) is 11.6 Å². The molecule has 16 heavy (non-hydrogen) atoms. The normalized spacial score (nSPS) is 17.4. The van der Waals surface area contributed by atoms with Gasteiger partial charge in [0.2, 0.25) is 0 Å². The Labute approximate surface area is 93.6 Å². The highest BCUT2D eigenvalue weighted by molar-refractivity contribution is 5.34. The summed E-state index contributed by atoms with van der Waals surface area (Å²) in [5, 5.41) is 3.20. The summed E-state index contributed by atoms with van der Waals surface area (Å²) >= 11 is 0. The molecule has 88 valence electrons. The summed E-state index contributed by atoms with van der Waals surface area (Å²) in [6.45, 7) is 1.70. The quantitative estimate of drug-likeness (QED) is 0.837. The molecule has 1 aliphatic rings. The zero-order valence-corrected chi connectivity index (χ0v) is 9.22. The van der Waals surface area contributed by atoms with E-state index in [1.807, 2.05) is 0 Å². The molecule has 0 saturated carbocycles. The van der Waals surface area contributed by atoms with E-state index < -0.39 is 11.6 Å². The average molecular weight is 227 g/mol. The molecule has 0 aromatic heterocycles. The standard InChI is InChI=1S/C12H15F2NO/c1-16-11-7-9(13)6-10(12(11)14)8-2-4-15-5-3-8/h6-8,15H,2-5H2,1H3. The minimum absolute atomic E-state index is 0.00599. The Morgan fingerprint density at radius 1 is 1.25 bits per heavy atom. The van der Waals surface area contributed by atoms with E-state index in [1.54, 1.807) is 0 Å². The lowest BCUT2D eigenvalue weighted by atomic mass is 9.89. The molecule has 0 atom stereocenters. The molecule has 0 aliphatic carbocycles. The van der Waals surface area contributed by atoms with E-state index in [-0.39, 0.29) is 11.7 Å². The third-order valence-corrected chi connectivity index (χ3v) is 3.03. The first-order chi connectivity index (χ1) is 7.72. The molecule has 0 spiro atoms. The molecule has 0 unspecified atom stereocenters. The van der Waals surface area contributed by atoms with Crippen LogP contribution >= 0.6 is 0 Å². The van der Waals surface area contributed by atoms with Gasteiger partial charge in [-0.3, -0.25) is 0 Å². The molecule has 1 saturated heterocycles.